The van der Waals surface area contributed by atoms with Gasteiger partial charge in [-0.3, -0.25) is 9.36 Å². The van der Waals surface area contributed by atoms with Crippen LogP contribution in [0.15, 0.2) is 52.4 Å². The maximum atomic E-state index is 13.7. The van der Waals surface area contributed by atoms with E-state index < -0.39 is 5.97 Å². The maximum absolute atomic E-state index is 13.7. The Morgan fingerprint density at radius 1 is 1.11 bits per heavy atom. The number of nitrogens with zero attached hydrogens (tertiary/aromatic N) is 2. The summed E-state index contributed by atoms with van der Waals surface area (Å²) in [7, 11) is 3.15. The van der Waals surface area contributed by atoms with Crippen LogP contribution in [0.3, 0.4) is 0 Å². The van der Waals surface area contributed by atoms with Crippen molar-refractivity contribution in [2.75, 3.05) is 20.8 Å². The molecule has 0 spiro atoms. The van der Waals surface area contributed by atoms with E-state index >= 15 is 0 Å². The highest BCUT2D eigenvalue weighted by Gasteiger charge is 2.22. The predicted octanol–water partition coefficient (Wildman–Crippen LogP) is 5.63. The van der Waals surface area contributed by atoms with Crippen molar-refractivity contribution in [3.05, 3.63) is 80.2 Å². The number of hydrogen-bond donors (Lipinski definition) is 0. The minimum absolute atomic E-state index is 0.225. The lowest BCUT2D eigenvalue weighted by atomic mass is 10.1. The van der Waals surface area contributed by atoms with E-state index in [1.54, 1.807) is 38.7 Å². The lowest BCUT2D eigenvalue weighted by Gasteiger charge is -2.14. The zero-order valence-electron chi connectivity index (χ0n) is 21.0. The molecule has 10 heteroatoms. The van der Waals surface area contributed by atoms with E-state index in [9.17, 15) is 14.0 Å². The molecule has 0 aliphatic heterocycles. The number of thioether (sulfide) groups is 1. The number of benzene rings is 2. The standard InChI is InChI=1S/C27H27FN2O5S2/c1-5-35-26(32)23-16(2)22-24(37-23)29-27(36-15-18-7-6-8-19(28)13-18)30(25(22)31)12-11-17-9-10-20(33-3)21(14-17)34-4/h6-10,13-14H,5,11-12,15H2,1-4H3. The molecule has 0 aliphatic carbocycles. The number of carbonyl (C=O) groups excluding carboxylic acids is 1. The zero-order valence-corrected chi connectivity index (χ0v) is 22.6. The zero-order chi connectivity index (χ0) is 26.5. The third kappa shape index (κ3) is 5.80. The van der Waals surface area contributed by atoms with Crippen molar-refractivity contribution in [1.82, 2.24) is 9.55 Å². The summed E-state index contributed by atoms with van der Waals surface area (Å²) in [4.78, 5) is 31.8. The summed E-state index contributed by atoms with van der Waals surface area (Å²) in [6, 6.07) is 12.0. The van der Waals surface area contributed by atoms with Gasteiger partial charge in [-0.25, -0.2) is 14.2 Å². The molecule has 0 atom stereocenters. The van der Waals surface area contributed by atoms with Gasteiger partial charge >= 0.3 is 5.97 Å². The van der Waals surface area contributed by atoms with Crippen LogP contribution in [0.25, 0.3) is 10.2 Å². The van der Waals surface area contributed by atoms with Crippen molar-refractivity contribution >= 4 is 39.3 Å². The molecule has 0 saturated carbocycles. The topological polar surface area (TPSA) is 79.7 Å². The number of esters is 1. The summed E-state index contributed by atoms with van der Waals surface area (Å²) in [6.07, 6.45) is 0.537. The Kier molecular flexibility index (Phi) is 8.50. The van der Waals surface area contributed by atoms with Crippen LogP contribution < -0.4 is 15.0 Å². The molecule has 0 bridgehead atoms. The van der Waals surface area contributed by atoms with Crippen LogP contribution >= 0.6 is 23.1 Å². The van der Waals surface area contributed by atoms with Gasteiger partial charge in [0.2, 0.25) is 0 Å². The van der Waals surface area contributed by atoms with E-state index in [0.29, 0.717) is 56.0 Å². The van der Waals surface area contributed by atoms with Crippen LogP contribution in [0.2, 0.25) is 0 Å². The molecule has 4 aromatic rings. The monoisotopic (exact) mass is 542 g/mol. The number of ether oxygens (including phenoxy) is 3. The van der Waals surface area contributed by atoms with E-state index in [1.165, 1.54) is 23.9 Å². The van der Waals surface area contributed by atoms with Crippen LogP contribution in [0.1, 0.15) is 33.3 Å². The summed E-state index contributed by atoms with van der Waals surface area (Å²) in [5, 5.41) is 0.911. The van der Waals surface area contributed by atoms with Gasteiger partial charge in [-0.15, -0.1) is 11.3 Å². The van der Waals surface area contributed by atoms with Gasteiger partial charge in [0.15, 0.2) is 16.7 Å². The number of fused-ring (bicyclic) bond motifs is 1. The molecule has 0 radical (unpaired) electrons. The van der Waals surface area contributed by atoms with Crippen molar-refractivity contribution in [3.8, 4) is 11.5 Å². The highest BCUT2D eigenvalue weighted by atomic mass is 32.2. The van der Waals surface area contributed by atoms with Gasteiger partial charge in [-0.2, -0.15) is 0 Å². The van der Waals surface area contributed by atoms with Gasteiger partial charge in [0.25, 0.3) is 5.56 Å². The Balaban J connectivity index is 1.73. The van der Waals surface area contributed by atoms with Gasteiger partial charge in [-0.1, -0.05) is 30.0 Å². The second-order valence-corrected chi connectivity index (χ2v) is 10.1. The Bertz CT molecular complexity index is 1500. The fourth-order valence-electron chi connectivity index (χ4n) is 3.95. The fraction of sp³-hybridized carbons (Fsp3) is 0.296. The lowest BCUT2D eigenvalue weighted by Crippen LogP contribution is -2.24. The molecule has 2 aromatic heterocycles. The minimum atomic E-state index is -0.465. The molecular formula is C27H27FN2O5S2. The third-order valence-corrected chi connectivity index (χ3v) is 8.02. The number of carbonyl (C=O) groups is 1. The van der Waals surface area contributed by atoms with Gasteiger partial charge in [0, 0.05) is 12.3 Å². The van der Waals surface area contributed by atoms with Crippen molar-refractivity contribution < 1.29 is 23.4 Å². The molecule has 0 aliphatic rings. The molecule has 0 N–H and O–H groups in total. The van der Waals surface area contributed by atoms with E-state index in [1.807, 2.05) is 24.3 Å². The Hall–Kier alpha value is -3.37. The molecule has 0 amide bonds. The third-order valence-electron chi connectivity index (χ3n) is 5.81. The normalized spacial score (nSPS) is 11.1. The first-order chi connectivity index (χ1) is 17.9. The number of aryl methyl sites for hydroxylation is 2. The van der Waals surface area contributed by atoms with E-state index in [4.69, 9.17) is 19.2 Å². The summed E-state index contributed by atoms with van der Waals surface area (Å²) < 4.78 is 31.2. The summed E-state index contributed by atoms with van der Waals surface area (Å²) >= 11 is 2.51. The van der Waals surface area contributed by atoms with Crippen LogP contribution in [0.4, 0.5) is 4.39 Å². The van der Waals surface area contributed by atoms with Crippen LogP contribution in [-0.4, -0.2) is 36.3 Å². The molecule has 0 fully saturated rings. The molecule has 2 heterocycles. The second-order valence-electron chi connectivity index (χ2n) is 8.17. The van der Waals surface area contributed by atoms with E-state index in [2.05, 4.69) is 0 Å². The molecule has 2 aromatic carbocycles. The van der Waals surface area contributed by atoms with Crippen molar-refractivity contribution in [2.45, 2.75) is 37.7 Å². The molecular weight excluding hydrogens is 515 g/mol. The van der Waals surface area contributed by atoms with Gasteiger partial charge in [0.05, 0.1) is 26.2 Å². The number of halogens is 1. The van der Waals surface area contributed by atoms with E-state index in [-0.39, 0.29) is 18.0 Å². The summed E-state index contributed by atoms with van der Waals surface area (Å²) in [5.74, 6) is 0.877. The number of methoxy groups -OCH3 is 2. The highest BCUT2D eigenvalue weighted by molar-refractivity contribution is 7.98. The Morgan fingerprint density at radius 3 is 2.59 bits per heavy atom. The van der Waals surface area contributed by atoms with Crippen molar-refractivity contribution in [3.63, 3.8) is 0 Å². The summed E-state index contributed by atoms with van der Waals surface area (Å²) in [5.41, 5.74) is 2.08. The predicted molar refractivity (Wildman–Crippen MR) is 144 cm³/mol. The first-order valence-corrected chi connectivity index (χ1v) is 13.5. The average Bonchev–Trinajstić information content (AvgIpc) is 3.23. The molecule has 0 unspecified atom stereocenters. The van der Waals surface area contributed by atoms with Gasteiger partial charge in [-0.05, 0) is 61.2 Å². The fourth-order valence-corrected chi connectivity index (χ4v) is 6.03. The van der Waals surface area contributed by atoms with Crippen molar-refractivity contribution in [1.29, 1.82) is 0 Å². The molecule has 194 valence electrons. The number of thiophene rings is 1. The smallest absolute Gasteiger partial charge is 0.348 e. The average molecular weight is 543 g/mol. The Morgan fingerprint density at radius 2 is 1.89 bits per heavy atom. The highest BCUT2D eigenvalue weighted by Crippen LogP contribution is 2.31. The second kappa shape index (κ2) is 11.8. The summed E-state index contributed by atoms with van der Waals surface area (Å²) in [6.45, 7) is 4.07. The number of hydrogen-bond acceptors (Lipinski definition) is 8. The maximum Gasteiger partial charge on any atom is 0.348 e. The first-order valence-electron chi connectivity index (χ1n) is 11.7. The SMILES string of the molecule is CCOC(=O)c1sc2nc(SCc3cccc(F)c3)n(CCc3ccc(OC)c(OC)c3)c(=O)c2c1C. The van der Waals surface area contributed by atoms with Gasteiger partial charge in [0.1, 0.15) is 15.5 Å². The molecule has 0 saturated heterocycles. The largest absolute Gasteiger partial charge is 0.493 e. The first kappa shape index (κ1) is 26.7. The van der Waals surface area contributed by atoms with Gasteiger partial charge < -0.3 is 14.2 Å². The molecule has 7 nitrogen and oxygen atoms in total. The van der Waals surface area contributed by atoms with Crippen molar-refractivity contribution in [2.24, 2.45) is 0 Å². The Labute approximate surface area is 222 Å². The van der Waals surface area contributed by atoms with Crippen LogP contribution in [-0.2, 0) is 23.5 Å². The van der Waals surface area contributed by atoms with E-state index in [0.717, 1.165) is 22.5 Å². The number of rotatable bonds is 10. The number of aromatic nitrogens is 2. The quantitative estimate of drug-likeness (QED) is 0.146. The van der Waals surface area contributed by atoms with Crippen LogP contribution in [0.5, 0.6) is 11.5 Å². The molecule has 37 heavy (non-hydrogen) atoms. The van der Waals surface area contributed by atoms with Crippen LogP contribution in [0, 0.1) is 12.7 Å². The lowest BCUT2D eigenvalue weighted by molar-refractivity contribution is 0.0531. The minimum Gasteiger partial charge on any atom is -0.493 e. The molecule has 4 rings (SSSR count).